The number of rotatable bonds is 4. The molecule has 4 amide bonds. The Balaban J connectivity index is 1.45. The Morgan fingerprint density at radius 1 is 1.16 bits per heavy atom. The topological polar surface area (TPSA) is 69.7 Å². The number of imide groups is 1. The number of hydrogen-bond acceptors (Lipinski definition) is 3. The summed E-state index contributed by atoms with van der Waals surface area (Å²) in [7, 11) is 0. The minimum absolute atomic E-state index is 0.0559. The summed E-state index contributed by atoms with van der Waals surface area (Å²) in [6.45, 7) is 3.71. The largest absolute Gasteiger partial charge is 0.339 e. The maximum Gasteiger partial charge on any atom is 0.325 e. The Morgan fingerprint density at radius 3 is 2.40 bits per heavy atom. The molecule has 0 spiro atoms. The molecule has 2 heterocycles. The van der Waals surface area contributed by atoms with Crippen LogP contribution in [0.3, 0.4) is 0 Å². The van der Waals surface area contributed by atoms with E-state index in [1.807, 2.05) is 24.0 Å². The molecule has 0 bridgehead atoms. The zero-order chi connectivity index (χ0) is 17.6. The van der Waals surface area contributed by atoms with Gasteiger partial charge in [0.25, 0.3) is 11.8 Å². The average Bonchev–Trinajstić information content (AvgIpc) is 3.29. The molecule has 1 N–H and O–H groups in total. The summed E-state index contributed by atoms with van der Waals surface area (Å²) in [6, 6.07) is 6.91. The normalized spacial score (nSPS) is 26.3. The van der Waals surface area contributed by atoms with Crippen molar-refractivity contribution in [2.24, 2.45) is 5.92 Å². The number of nitrogens with zero attached hydrogens (tertiary/aromatic N) is 2. The average molecular weight is 341 g/mol. The summed E-state index contributed by atoms with van der Waals surface area (Å²) < 4.78 is 0. The predicted octanol–water partition coefficient (Wildman–Crippen LogP) is 2.14. The van der Waals surface area contributed by atoms with Gasteiger partial charge in [-0.2, -0.15) is 0 Å². The lowest BCUT2D eigenvalue weighted by atomic mass is 9.96. The highest BCUT2D eigenvalue weighted by Crippen LogP contribution is 2.42. The quantitative estimate of drug-likeness (QED) is 0.853. The molecule has 1 aromatic carbocycles. The second kappa shape index (κ2) is 5.86. The minimum Gasteiger partial charge on any atom is -0.339 e. The van der Waals surface area contributed by atoms with Crippen LogP contribution >= 0.6 is 0 Å². The van der Waals surface area contributed by atoms with E-state index in [-0.39, 0.29) is 30.3 Å². The van der Waals surface area contributed by atoms with Gasteiger partial charge in [0.2, 0.25) is 0 Å². The molecule has 1 atom stereocenters. The van der Waals surface area contributed by atoms with Crippen molar-refractivity contribution in [3.8, 4) is 0 Å². The molecular formula is C19H23N3O3. The van der Waals surface area contributed by atoms with Gasteiger partial charge in [-0.3, -0.25) is 14.5 Å². The molecule has 1 aromatic rings. The van der Waals surface area contributed by atoms with Gasteiger partial charge in [0.1, 0.15) is 5.54 Å². The monoisotopic (exact) mass is 341 g/mol. The zero-order valence-corrected chi connectivity index (χ0v) is 14.5. The summed E-state index contributed by atoms with van der Waals surface area (Å²) >= 11 is 0. The number of amides is 4. The molecule has 2 saturated heterocycles. The molecular weight excluding hydrogens is 318 g/mol. The van der Waals surface area contributed by atoms with Crippen molar-refractivity contribution in [3.05, 3.63) is 35.4 Å². The van der Waals surface area contributed by atoms with E-state index in [1.54, 1.807) is 12.1 Å². The fourth-order valence-corrected chi connectivity index (χ4v) is 3.83. The summed E-state index contributed by atoms with van der Waals surface area (Å²) in [4.78, 5) is 40.4. The third-order valence-corrected chi connectivity index (χ3v) is 5.63. The van der Waals surface area contributed by atoms with Crippen molar-refractivity contribution >= 4 is 17.8 Å². The second-order valence-corrected chi connectivity index (χ2v) is 7.49. The van der Waals surface area contributed by atoms with Crippen LogP contribution in [-0.4, -0.2) is 46.3 Å². The third kappa shape index (κ3) is 2.79. The molecule has 6 nitrogen and oxygen atoms in total. The number of likely N-dealkylation sites (tertiary alicyclic amines) is 1. The van der Waals surface area contributed by atoms with Crippen LogP contribution in [0.15, 0.2) is 24.3 Å². The second-order valence-electron chi connectivity index (χ2n) is 7.49. The first kappa shape index (κ1) is 16.1. The van der Waals surface area contributed by atoms with Crippen molar-refractivity contribution in [3.63, 3.8) is 0 Å². The van der Waals surface area contributed by atoms with Gasteiger partial charge in [-0.1, -0.05) is 12.1 Å². The van der Waals surface area contributed by atoms with Crippen LogP contribution in [0, 0.1) is 5.92 Å². The third-order valence-electron chi connectivity index (χ3n) is 5.63. The fraction of sp³-hybridized carbons (Fsp3) is 0.526. The number of benzene rings is 1. The molecule has 3 fully saturated rings. The zero-order valence-electron chi connectivity index (χ0n) is 14.5. The Labute approximate surface area is 147 Å². The van der Waals surface area contributed by atoms with Gasteiger partial charge in [0.05, 0.1) is 6.54 Å². The van der Waals surface area contributed by atoms with Crippen molar-refractivity contribution in [1.82, 2.24) is 15.1 Å². The van der Waals surface area contributed by atoms with Gasteiger partial charge in [-0.05, 0) is 56.2 Å². The molecule has 132 valence electrons. The summed E-state index contributed by atoms with van der Waals surface area (Å²) in [5.41, 5.74) is 0.759. The van der Waals surface area contributed by atoms with Crippen molar-refractivity contribution < 1.29 is 14.4 Å². The highest BCUT2D eigenvalue weighted by molar-refractivity contribution is 6.07. The van der Waals surface area contributed by atoms with Crippen molar-refractivity contribution in [1.29, 1.82) is 0 Å². The molecule has 25 heavy (non-hydrogen) atoms. The lowest BCUT2D eigenvalue weighted by Crippen LogP contribution is -2.46. The lowest BCUT2D eigenvalue weighted by Gasteiger charge is -2.21. The molecule has 2 aliphatic heterocycles. The van der Waals surface area contributed by atoms with E-state index >= 15 is 0 Å². The maximum atomic E-state index is 12.7. The molecule has 4 rings (SSSR count). The molecule has 6 heteroatoms. The summed E-state index contributed by atoms with van der Waals surface area (Å²) in [5.74, 6) is 0.173. The molecule has 1 unspecified atom stereocenters. The van der Waals surface area contributed by atoms with E-state index < -0.39 is 5.54 Å². The number of nitrogens with one attached hydrogen (secondary N) is 1. The number of hydrogen-bond donors (Lipinski definition) is 1. The fourth-order valence-electron chi connectivity index (χ4n) is 3.83. The SMILES string of the molecule is CC1(C2CC2)NC(=O)N(Cc2ccc(C(=O)N3CCCC3)cc2)C1=O. The highest BCUT2D eigenvalue weighted by Gasteiger charge is 2.55. The van der Waals surface area contributed by atoms with Crippen LogP contribution in [0.1, 0.15) is 48.5 Å². The van der Waals surface area contributed by atoms with Crippen molar-refractivity contribution in [2.45, 2.75) is 44.7 Å². The Kier molecular flexibility index (Phi) is 3.78. The lowest BCUT2D eigenvalue weighted by molar-refractivity contribution is -0.131. The van der Waals surface area contributed by atoms with Gasteiger partial charge < -0.3 is 10.2 Å². The van der Waals surface area contributed by atoms with Gasteiger partial charge in [-0.25, -0.2) is 4.79 Å². The first-order valence-electron chi connectivity index (χ1n) is 9.01. The Hall–Kier alpha value is -2.37. The van der Waals surface area contributed by atoms with Crippen LogP contribution in [0.5, 0.6) is 0 Å². The van der Waals surface area contributed by atoms with Crippen molar-refractivity contribution in [2.75, 3.05) is 13.1 Å². The first-order valence-corrected chi connectivity index (χ1v) is 9.01. The van der Waals surface area contributed by atoms with Crippen LogP contribution in [-0.2, 0) is 11.3 Å². The predicted molar refractivity (Wildman–Crippen MR) is 91.8 cm³/mol. The van der Waals surface area contributed by atoms with Crippen LogP contribution in [0.25, 0.3) is 0 Å². The Bertz CT molecular complexity index is 720. The first-order chi connectivity index (χ1) is 12.0. The van der Waals surface area contributed by atoms with E-state index in [2.05, 4.69) is 5.32 Å². The molecule has 0 aromatic heterocycles. The smallest absolute Gasteiger partial charge is 0.325 e. The number of carbonyl (C=O) groups is 3. The van der Waals surface area contributed by atoms with Gasteiger partial charge in [-0.15, -0.1) is 0 Å². The van der Waals surface area contributed by atoms with E-state index in [1.165, 1.54) is 4.90 Å². The summed E-state index contributed by atoms with van der Waals surface area (Å²) in [6.07, 6.45) is 4.11. The van der Waals surface area contributed by atoms with E-state index in [4.69, 9.17) is 0 Å². The van der Waals surface area contributed by atoms with Gasteiger partial charge in [0.15, 0.2) is 0 Å². The van der Waals surface area contributed by atoms with Crippen LogP contribution in [0.4, 0.5) is 4.79 Å². The molecule has 3 aliphatic rings. The number of carbonyl (C=O) groups excluding carboxylic acids is 3. The van der Waals surface area contributed by atoms with Gasteiger partial charge in [0, 0.05) is 18.7 Å². The highest BCUT2D eigenvalue weighted by atomic mass is 16.2. The molecule has 1 saturated carbocycles. The van der Waals surface area contributed by atoms with Crippen LogP contribution in [0.2, 0.25) is 0 Å². The van der Waals surface area contributed by atoms with Crippen LogP contribution < -0.4 is 5.32 Å². The minimum atomic E-state index is -0.747. The summed E-state index contributed by atoms with van der Waals surface area (Å²) in [5, 5.41) is 2.86. The van der Waals surface area contributed by atoms with E-state index in [0.717, 1.165) is 44.3 Å². The number of urea groups is 1. The van der Waals surface area contributed by atoms with E-state index in [0.29, 0.717) is 5.56 Å². The standard InChI is InChI=1S/C19H23N3O3/c1-19(15-8-9-15)17(24)22(18(25)20-19)12-13-4-6-14(7-5-13)16(23)21-10-2-3-11-21/h4-7,15H,2-3,8-12H2,1H3,(H,20,25). The Morgan fingerprint density at radius 2 is 1.80 bits per heavy atom. The molecule has 1 aliphatic carbocycles. The van der Waals surface area contributed by atoms with E-state index in [9.17, 15) is 14.4 Å². The maximum absolute atomic E-state index is 12.7. The molecule has 0 radical (unpaired) electrons. The van der Waals surface area contributed by atoms with Gasteiger partial charge >= 0.3 is 6.03 Å².